The summed E-state index contributed by atoms with van der Waals surface area (Å²) in [5.41, 5.74) is 0.443. The van der Waals surface area contributed by atoms with E-state index >= 15 is 0 Å². The lowest BCUT2D eigenvalue weighted by Crippen LogP contribution is -2.52. The molecule has 1 aliphatic rings. The first-order valence-electron chi connectivity index (χ1n) is 6.70. The number of piperazine rings is 1. The van der Waals surface area contributed by atoms with E-state index in [0.717, 1.165) is 13.1 Å². The largest absolute Gasteiger partial charge is 0.496 e. The van der Waals surface area contributed by atoms with Gasteiger partial charge in [-0.2, -0.15) is 0 Å². The van der Waals surface area contributed by atoms with Crippen LogP contribution in [0.2, 0.25) is 0 Å². The minimum absolute atomic E-state index is 0.117. The normalized spacial score (nSPS) is 17.9. The van der Waals surface area contributed by atoms with Crippen LogP contribution in [0.1, 0.15) is 5.56 Å². The Morgan fingerprint density at radius 1 is 1.29 bits per heavy atom. The third kappa shape index (κ3) is 3.92. The van der Waals surface area contributed by atoms with Crippen LogP contribution in [-0.2, 0) is 16.6 Å². The number of aliphatic hydroxyl groups is 1. The van der Waals surface area contributed by atoms with Gasteiger partial charge in [0.1, 0.15) is 5.75 Å². The fourth-order valence-electron chi connectivity index (χ4n) is 2.17. The fourth-order valence-corrected chi connectivity index (χ4v) is 3.34. The van der Waals surface area contributed by atoms with Crippen LogP contribution in [0.25, 0.3) is 0 Å². The molecular weight excluding hydrogens is 294 g/mol. The summed E-state index contributed by atoms with van der Waals surface area (Å²) in [4.78, 5) is 4.84. The molecule has 2 rings (SSSR count). The molecule has 0 aromatic heterocycles. The Bertz CT molecular complexity index is 583. The number of hydrogen-bond donors (Lipinski definition) is 2. The predicted molar refractivity (Wildman–Crippen MR) is 78.3 cm³/mol. The van der Waals surface area contributed by atoms with E-state index in [1.54, 1.807) is 11.1 Å². The molecule has 1 heterocycles. The minimum Gasteiger partial charge on any atom is -0.496 e. The van der Waals surface area contributed by atoms with E-state index in [1.807, 2.05) is 7.05 Å². The Morgan fingerprint density at radius 2 is 1.95 bits per heavy atom. The summed E-state index contributed by atoms with van der Waals surface area (Å²) in [5, 5.41) is 11.0. The molecule has 1 saturated heterocycles. The van der Waals surface area contributed by atoms with Crippen LogP contribution in [0.5, 0.6) is 5.75 Å². The highest BCUT2D eigenvalue weighted by Crippen LogP contribution is 2.22. The van der Waals surface area contributed by atoms with E-state index < -0.39 is 10.0 Å². The third-order valence-corrected chi connectivity index (χ3v) is 4.86. The first-order chi connectivity index (χ1) is 9.96. The van der Waals surface area contributed by atoms with E-state index in [-0.39, 0.29) is 11.5 Å². The van der Waals surface area contributed by atoms with Crippen molar-refractivity contribution in [3.8, 4) is 5.75 Å². The van der Waals surface area contributed by atoms with Crippen LogP contribution in [0.3, 0.4) is 0 Å². The Balaban J connectivity index is 2.15. The molecule has 0 aliphatic carbocycles. The lowest BCUT2D eigenvalue weighted by molar-refractivity contribution is 0.135. The second-order valence-electron chi connectivity index (χ2n) is 5.02. The van der Waals surface area contributed by atoms with Crippen molar-refractivity contribution in [1.29, 1.82) is 0 Å². The van der Waals surface area contributed by atoms with Gasteiger partial charge in [0.2, 0.25) is 0 Å². The minimum atomic E-state index is -3.64. The summed E-state index contributed by atoms with van der Waals surface area (Å²) in [6, 6.07) is 4.44. The number of likely N-dealkylation sites (N-methyl/N-ethyl adjacent to an activating group) is 1. The summed E-state index contributed by atoms with van der Waals surface area (Å²) in [6.45, 7) is 2.62. The second-order valence-corrected chi connectivity index (χ2v) is 6.68. The van der Waals surface area contributed by atoms with Gasteiger partial charge in [0.05, 0.1) is 18.6 Å². The topological polar surface area (TPSA) is 82.1 Å². The van der Waals surface area contributed by atoms with Crippen molar-refractivity contribution in [2.45, 2.75) is 11.5 Å². The fraction of sp³-hybridized carbons (Fsp3) is 0.538. The molecule has 1 fully saturated rings. The number of rotatable bonds is 5. The third-order valence-electron chi connectivity index (χ3n) is 3.49. The average molecular weight is 315 g/mol. The van der Waals surface area contributed by atoms with Crippen molar-refractivity contribution in [1.82, 2.24) is 14.7 Å². The number of ether oxygens (including phenoxy) is 1. The zero-order chi connectivity index (χ0) is 15.5. The van der Waals surface area contributed by atoms with Gasteiger partial charge < -0.3 is 14.7 Å². The van der Waals surface area contributed by atoms with Gasteiger partial charge in [-0.3, -0.25) is 0 Å². The van der Waals surface area contributed by atoms with Gasteiger partial charge in [-0.05, 0) is 25.2 Å². The van der Waals surface area contributed by atoms with Gasteiger partial charge in [-0.25, -0.2) is 13.4 Å². The standard InChI is InChI=1S/C13H21N3O4S/c1-15-5-7-16(8-6-15)14-21(18,19)12-3-4-13(20-2)11(9-12)10-17/h3-4,9,14,17H,5-8,10H2,1-2H3. The molecule has 118 valence electrons. The number of aliphatic hydroxyl groups excluding tert-OH is 1. The zero-order valence-electron chi connectivity index (χ0n) is 12.2. The van der Waals surface area contributed by atoms with Gasteiger partial charge in [-0.15, -0.1) is 4.83 Å². The highest BCUT2D eigenvalue weighted by atomic mass is 32.2. The molecule has 7 nitrogen and oxygen atoms in total. The summed E-state index contributed by atoms with van der Waals surface area (Å²) in [6.07, 6.45) is 0. The molecule has 0 spiro atoms. The molecule has 8 heteroatoms. The maximum absolute atomic E-state index is 12.4. The summed E-state index contributed by atoms with van der Waals surface area (Å²) in [5.74, 6) is 0.469. The number of benzene rings is 1. The van der Waals surface area contributed by atoms with E-state index in [2.05, 4.69) is 9.73 Å². The highest BCUT2D eigenvalue weighted by molar-refractivity contribution is 7.89. The number of nitrogens with zero attached hydrogens (tertiary/aromatic N) is 2. The number of hydrazine groups is 1. The lowest BCUT2D eigenvalue weighted by Gasteiger charge is -2.32. The molecule has 0 saturated carbocycles. The first-order valence-corrected chi connectivity index (χ1v) is 8.18. The van der Waals surface area contributed by atoms with Crippen LogP contribution in [0.4, 0.5) is 0 Å². The zero-order valence-corrected chi connectivity index (χ0v) is 13.1. The molecule has 1 aromatic carbocycles. The molecule has 1 aliphatic heterocycles. The lowest BCUT2D eigenvalue weighted by atomic mass is 10.2. The monoisotopic (exact) mass is 315 g/mol. The Morgan fingerprint density at radius 3 is 2.52 bits per heavy atom. The Kier molecular flexibility index (Phi) is 5.17. The van der Waals surface area contributed by atoms with E-state index in [0.29, 0.717) is 24.4 Å². The van der Waals surface area contributed by atoms with E-state index in [9.17, 15) is 13.5 Å². The molecule has 0 amide bonds. The van der Waals surface area contributed by atoms with Crippen molar-refractivity contribution in [2.75, 3.05) is 40.3 Å². The average Bonchev–Trinajstić information content (AvgIpc) is 2.48. The highest BCUT2D eigenvalue weighted by Gasteiger charge is 2.22. The number of methoxy groups -OCH3 is 1. The van der Waals surface area contributed by atoms with Crippen LogP contribution >= 0.6 is 0 Å². The Hall–Kier alpha value is -1.19. The van der Waals surface area contributed by atoms with Crippen molar-refractivity contribution < 1.29 is 18.3 Å². The number of nitrogens with one attached hydrogen (secondary N) is 1. The van der Waals surface area contributed by atoms with Crippen molar-refractivity contribution in [2.24, 2.45) is 0 Å². The van der Waals surface area contributed by atoms with Gasteiger partial charge in [0.25, 0.3) is 10.0 Å². The van der Waals surface area contributed by atoms with Gasteiger partial charge in [0.15, 0.2) is 0 Å². The number of hydrogen-bond acceptors (Lipinski definition) is 6. The smallest absolute Gasteiger partial charge is 0.253 e. The first kappa shape index (κ1) is 16.2. The molecule has 0 atom stereocenters. The molecular formula is C13H21N3O4S. The molecule has 21 heavy (non-hydrogen) atoms. The summed E-state index contributed by atoms with van der Waals surface area (Å²) >= 11 is 0. The maximum atomic E-state index is 12.4. The van der Waals surface area contributed by atoms with Crippen molar-refractivity contribution in [3.63, 3.8) is 0 Å². The van der Waals surface area contributed by atoms with Gasteiger partial charge in [0, 0.05) is 31.7 Å². The van der Waals surface area contributed by atoms with Gasteiger partial charge >= 0.3 is 0 Å². The summed E-state index contributed by atoms with van der Waals surface area (Å²) in [7, 11) is -0.164. The van der Waals surface area contributed by atoms with Crippen LogP contribution in [0, 0.1) is 0 Å². The molecule has 0 unspecified atom stereocenters. The summed E-state index contributed by atoms with van der Waals surface area (Å²) < 4.78 is 29.8. The van der Waals surface area contributed by atoms with Crippen LogP contribution in [0.15, 0.2) is 23.1 Å². The van der Waals surface area contributed by atoms with Gasteiger partial charge in [-0.1, -0.05) is 0 Å². The second kappa shape index (κ2) is 6.71. The predicted octanol–water partition coefficient (Wildman–Crippen LogP) is -0.372. The van der Waals surface area contributed by atoms with E-state index in [1.165, 1.54) is 19.2 Å². The molecule has 2 N–H and O–H groups in total. The molecule has 0 bridgehead atoms. The van der Waals surface area contributed by atoms with Crippen LogP contribution in [-0.4, -0.2) is 63.8 Å². The van der Waals surface area contributed by atoms with E-state index in [4.69, 9.17) is 4.74 Å². The van der Waals surface area contributed by atoms with Crippen LogP contribution < -0.4 is 9.57 Å². The van der Waals surface area contributed by atoms with Crippen molar-refractivity contribution in [3.05, 3.63) is 23.8 Å². The Labute approximate surface area is 125 Å². The van der Waals surface area contributed by atoms with Crippen molar-refractivity contribution >= 4 is 10.0 Å². The quantitative estimate of drug-likeness (QED) is 0.771. The SMILES string of the molecule is COc1ccc(S(=O)(=O)NN2CCN(C)CC2)cc1CO. The molecule has 0 radical (unpaired) electrons. The molecule has 1 aromatic rings. The maximum Gasteiger partial charge on any atom is 0.253 e. The number of sulfonamides is 1.